The number of alkyl halides is 3. The maximum atomic E-state index is 12.2. The first-order chi connectivity index (χ1) is 9.74. The van der Waals surface area contributed by atoms with Crippen LogP contribution in [0, 0.1) is 0 Å². The van der Waals surface area contributed by atoms with E-state index in [1.54, 1.807) is 12.1 Å². The van der Waals surface area contributed by atoms with Crippen molar-refractivity contribution in [3.05, 3.63) is 22.7 Å². The monoisotopic (exact) mass is 366 g/mol. The molecule has 0 aliphatic carbocycles. The zero-order valence-corrected chi connectivity index (χ0v) is 13.5. The Hall–Kier alpha value is -0.950. The summed E-state index contributed by atoms with van der Waals surface area (Å²) in [6.45, 7) is 3.18. The van der Waals surface area contributed by atoms with Gasteiger partial charge in [0.2, 0.25) is 0 Å². The quantitative estimate of drug-likeness (QED) is 0.865. The molecule has 0 amide bonds. The summed E-state index contributed by atoms with van der Waals surface area (Å²) >= 11 is 3.11. The lowest BCUT2D eigenvalue weighted by Crippen LogP contribution is -2.42. The molecule has 0 radical (unpaired) electrons. The van der Waals surface area contributed by atoms with Gasteiger partial charge in [0.15, 0.2) is 0 Å². The predicted molar refractivity (Wildman–Crippen MR) is 79.6 cm³/mol. The second-order valence-electron chi connectivity index (χ2n) is 5.39. The van der Waals surface area contributed by atoms with Crippen LogP contribution in [-0.2, 0) is 0 Å². The van der Waals surface area contributed by atoms with Gasteiger partial charge in [-0.05, 0) is 60.9 Å². The summed E-state index contributed by atoms with van der Waals surface area (Å²) in [5.74, 6) is -0.232. The maximum absolute atomic E-state index is 12.2. The Bertz CT molecular complexity index is 496. The summed E-state index contributed by atoms with van der Waals surface area (Å²) in [5.41, 5.74) is 0.790. The minimum Gasteiger partial charge on any atom is -0.405 e. The van der Waals surface area contributed by atoms with E-state index >= 15 is 0 Å². The highest BCUT2D eigenvalue weighted by molar-refractivity contribution is 9.10. The van der Waals surface area contributed by atoms with E-state index in [1.807, 2.05) is 0 Å². The zero-order chi connectivity index (χ0) is 15.6. The number of hydrogen-bond donors (Lipinski definition) is 1. The molecule has 0 saturated carbocycles. The van der Waals surface area contributed by atoms with E-state index in [4.69, 9.17) is 0 Å². The number of piperidine rings is 1. The van der Waals surface area contributed by atoms with Gasteiger partial charge in [-0.2, -0.15) is 0 Å². The van der Waals surface area contributed by atoms with Gasteiger partial charge in [0, 0.05) is 24.3 Å². The highest BCUT2D eigenvalue weighted by atomic mass is 79.9. The SMILES string of the molecule is CC1CC(Nc2ccc(OC(F)(F)F)c(Br)c2)CCN1C. The molecule has 1 saturated heterocycles. The lowest BCUT2D eigenvalue weighted by molar-refractivity contribution is -0.274. The van der Waals surface area contributed by atoms with E-state index in [-0.39, 0.29) is 10.2 Å². The molecule has 1 aromatic rings. The van der Waals surface area contributed by atoms with Gasteiger partial charge in [-0.25, -0.2) is 0 Å². The second-order valence-corrected chi connectivity index (χ2v) is 6.24. The molecule has 1 N–H and O–H groups in total. The molecule has 1 aliphatic rings. The van der Waals surface area contributed by atoms with Crippen molar-refractivity contribution in [1.29, 1.82) is 0 Å². The number of halogens is 4. The van der Waals surface area contributed by atoms with Crippen LogP contribution in [0.4, 0.5) is 18.9 Å². The first kappa shape index (κ1) is 16.4. The van der Waals surface area contributed by atoms with E-state index in [0.717, 1.165) is 25.1 Å². The number of nitrogens with one attached hydrogen (secondary N) is 1. The van der Waals surface area contributed by atoms with Gasteiger partial charge in [-0.1, -0.05) is 0 Å². The van der Waals surface area contributed by atoms with Crippen LogP contribution in [0.5, 0.6) is 5.75 Å². The van der Waals surface area contributed by atoms with Crippen molar-refractivity contribution in [2.75, 3.05) is 18.9 Å². The van der Waals surface area contributed by atoms with Gasteiger partial charge in [0.05, 0.1) is 4.47 Å². The van der Waals surface area contributed by atoms with Gasteiger partial charge < -0.3 is 15.0 Å². The average Bonchev–Trinajstić information content (AvgIpc) is 2.36. The minimum atomic E-state index is -4.68. The maximum Gasteiger partial charge on any atom is 0.573 e. The molecule has 2 rings (SSSR count). The van der Waals surface area contributed by atoms with Crippen LogP contribution in [0.3, 0.4) is 0 Å². The number of hydrogen-bond acceptors (Lipinski definition) is 3. The molecule has 3 nitrogen and oxygen atoms in total. The summed E-state index contributed by atoms with van der Waals surface area (Å²) in [6, 6.07) is 5.36. The summed E-state index contributed by atoms with van der Waals surface area (Å²) in [6.07, 6.45) is -2.66. The fourth-order valence-corrected chi connectivity index (χ4v) is 2.91. The molecule has 0 aromatic heterocycles. The van der Waals surface area contributed by atoms with Crippen LogP contribution in [0.1, 0.15) is 19.8 Å². The molecule has 2 atom stereocenters. The number of anilines is 1. The Balaban J connectivity index is 2.00. The fraction of sp³-hybridized carbons (Fsp3) is 0.571. The van der Waals surface area contributed by atoms with Crippen LogP contribution in [0.2, 0.25) is 0 Å². The molecule has 1 heterocycles. The Morgan fingerprint density at radius 2 is 2.10 bits per heavy atom. The largest absolute Gasteiger partial charge is 0.573 e. The molecule has 1 aliphatic heterocycles. The van der Waals surface area contributed by atoms with E-state index in [0.29, 0.717) is 12.1 Å². The smallest absolute Gasteiger partial charge is 0.405 e. The van der Waals surface area contributed by atoms with Crippen molar-refractivity contribution >= 4 is 21.6 Å². The van der Waals surface area contributed by atoms with Crippen LogP contribution in [0.15, 0.2) is 22.7 Å². The van der Waals surface area contributed by atoms with Crippen LogP contribution in [0.25, 0.3) is 0 Å². The van der Waals surface area contributed by atoms with E-state index in [9.17, 15) is 13.2 Å². The standard InChI is InChI=1S/C14H18BrF3N2O/c1-9-7-11(5-6-20(9)2)19-10-3-4-13(12(15)8-10)21-14(16,17)18/h3-4,8-9,11,19H,5-7H2,1-2H3. The van der Waals surface area contributed by atoms with Crippen molar-refractivity contribution in [2.24, 2.45) is 0 Å². The topological polar surface area (TPSA) is 24.5 Å². The van der Waals surface area contributed by atoms with Crippen molar-refractivity contribution in [1.82, 2.24) is 4.90 Å². The van der Waals surface area contributed by atoms with Gasteiger partial charge in [0.1, 0.15) is 5.75 Å². The number of ether oxygens (including phenoxy) is 1. The highest BCUT2D eigenvalue weighted by Crippen LogP contribution is 2.33. The second kappa shape index (κ2) is 6.44. The van der Waals surface area contributed by atoms with Crippen molar-refractivity contribution in [2.45, 2.75) is 38.2 Å². The molecule has 1 aromatic carbocycles. The number of likely N-dealkylation sites (tertiary alicyclic amines) is 1. The normalized spacial score (nSPS) is 23.9. The van der Waals surface area contributed by atoms with Crippen molar-refractivity contribution in [3.8, 4) is 5.75 Å². The van der Waals surface area contributed by atoms with Crippen LogP contribution in [-0.4, -0.2) is 36.9 Å². The Morgan fingerprint density at radius 3 is 2.67 bits per heavy atom. The Labute approximate surface area is 130 Å². The summed E-state index contributed by atoms with van der Waals surface area (Å²) in [4.78, 5) is 2.30. The van der Waals surface area contributed by atoms with Gasteiger partial charge in [-0.15, -0.1) is 13.2 Å². The zero-order valence-electron chi connectivity index (χ0n) is 11.9. The summed E-state index contributed by atoms with van der Waals surface area (Å²) < 4.78 is 40.8. The first-order valence-corrected chi connectivity index (χ1v) is 7.56. The predicted octanol–water partition coefficient (Wildman–Crippen LogP) is 4.24. The van der Waals surface area contributed by atoms with Crippen molar-refractivity contribution in [3.63, 3.8) is 0 Å². The summed E-state index contributed by atoms with van der Waals surface area (Å²) in [5, 5.41) is 3.37. The van der Waals surface area contributed by atoms with Gasteiger partial charge in [-0.3, -0.25) is 0 Å². The molecule has 0 spiro atoms. The molecule has 1 fully saturated rings. The lowest BCUT2D eigenvalue weighted by Gasteiger charge is -2.35. The lowest BCUT2D eigenvalue weighted by atomic mass is 9.99. The first-order valence-electron chi connectivity index (χ1n) is 6.76. The van der Waals surface area contributed by atoms with Crippen LogP contribution >= 0.6 is 15.9 Å². The van der Waals surface area contributed by atoms with Gasteiger partial charge >= 0.3 is 6.36 Å². The molecule has 7 heteroatoms. The third-order valence-electron chi connectivity index (χ3n) is 3.74. The fourth-order valence-electron chi connectivity index (χ4n) is 2.45. The third kappa shape index (κ3) is 4.78. The Kier molecular flexibility index (Phi) is 5.03. The minimum absolute atomic E-state index is 0.232. The Morgan fingerprint density at radius 1 is 1.38 bits per heavy atom. The van der Waals surface area contributed by atoms with E-state index < -0.39 is 6.36 Å². The van der Waals surface area contributed by atoms with Crippen LogP contribution < -0.4 is 10.1 Å². The van der Waals surface area contributed by atoms with Crippen molar-refractivity contribution < 1.29 is 17.9 Å². The molecular formula is C14H18BrF3N2O. The summed E-state index contributed by atoms with van der Waals surface area (Å²) in [7, 11) is 2.10. The van der Waals surface area contributed by atoms with E-state index in [2.05, 4.69) is 44.9 Å². The van der Waals surface area contributed by atoms with E-state index in [1.165, 1.54) is 6.07 Å². The van der Waals surface area contributed by atoms with Gasteiger partial charge in [0.25, 0.3) is 0 Å². The molecule has 0 bridgehead atoms. The molecule has 118 valence electrons. The average molecular weight is 367 g/mol. The highest BCUT2D eigenvalue weighted by Gasteiger charge is 2.32. The third-order valence-corrected chi connectivity index (χ3v) is 4.36. The molecule has 21 heavy (non-hydrogen) atoms. The number of nitrogens with zero attached hydrogens (tertiary/aromatic N) is 1. The molecule has 2 unspecified atom stereocenters. The molecular weight excluding hydrogens is 349 g/mol. The number of rotatable bonds is 3. The number of benzene rings is 1.